The molecule has 0 heterocycles. The Morgan fingerprint density at radius 3 is 2.35 bits per heavy atom. The van der Waals surface area contributed by atoms with Gasteiger partial charge in [-0.05, 0) is 70.1 Å². The highest BCUT2D eigenvalue weighted by Gasteiger charge is 2.14. The maximum absolute atomic E-state index is 3.67. The van der Waals surface area contributed by atoms with Gasteiger partial charge in [-0.1, -0.05) is 36.8 Å². The molecular formula is C18H31NS. The summed E-state index contributed by atoms with van der Waals surface area (Å²) < 4.78 is 0. The van der Waals surface area contributed by atoms with Crippen molar-refractivity contribution in [3.8, 4) is 0 Å². The maximum Gasteiger partial charge on any atom is 0.00966 e. The minimum atomic E-state index is 0.212. The van der Waals surface area contributed by atoms with Crippen molar-refractivity contribution in [3.05, 3.63) is 35.4 Å². The third-order valence-electron chi connectivity index (χ3n) is 3.44. The molecule has 0 fully saturated rings. The average Bonchev–Trinajstić information content (AvgIpc) is 2.37. The van der Waals surface area contributed by atoms with E-state index in [1.54, 1.807) is 0 Å². The Labute approximate surface area is 129 Å². The summed E-state index contributed by atoms with van der Waals surface area (Å²) in [6, 6.07) is 9.02. The number of aryl methyl sites for hydroxylation is 1. The highest BCUT2D eigenvalue weighted by molar-refractivity contribution is 7.99. The lowest BCUT2D eigenvalue weighted by Crippen LogP contribution is -2.39. The molecule has 0 radical (unpaired) electrons. The molecule has 1 aromatic carbocycles. The van der Waals surface area contributed by atoms with Crippen molar-refractivity contribution in [2.45, 2.75) is 53.0 Å². The highest BCUT2D eigenvalue weighted by atomic mass is 32.2. The van der Waals surface area contributed by atoms with E-state index in [0.717, 1.165) is 12.5 Å². The van der Waals surface area contributed by atoms with E-state index in [9.17, 15) is 0 Å². The Hall–Kier alpha value is -0.470. The van der Waals surface area contributed by atoms with Gasteiger partial charge in [-0.15, -0.1) is 0 Å². The van der Waals surface area contributed by atoms with E-state index in [1.807, 2.05) is 0 Å². The fourth-order valence-electron chi connectivity index (χ4n) is 2.18. The zero-order valence-electron chi connectivity index (χ0n) is 13.8. The molecule has 2 heteroatoms. The molecule has 1 unspecified atom stereocenters. The monoisotopic (exact) mass is 293 g/mol. The molecule has 0 amide bonds. The first-order valence-electron chi connectivity index (χ1n) is 7.79. The summed E-state index contributed by atoms with van der Waals surface area (Å²) in [6.07, 6.45) is 2.49. The van der Waals surface area contributed by atoms with Gasteiger partial charge in [0, 0.05) is 5.54 Å². The molecule has 0 bridgehead atoms. The average molecular weight is 294 g/mol. The normalized spacial score (nSPS) is 13.4. The fourth-order valence-corrected chi connectivity index (χ4v) is 2.97. The first-order chi connectivity index (χ1) is 9.40. The highest BCUT2D eigenvalue weighted by Crippen LogP contribution is 2.17. The molecule has 20 heavy (non-hydrogen) atoms. The van der Waals surface area contributed by atoms with Crippen LogP contribution in [0, 0.1) is 12.8 Å². The standard InChI is InChI=1S/C18H31NS/c1-6-20-12-11-17(14-19-18(3,4)5)13-16-9-7-15(2)8-10-16/h7-10,17,19H,6,11-14H2,1-5H3. The first-order valence-corrected chi connectivity index (χ1v) is 8.94. The summed E-state index contributed by atoms with van der Waals surface area (Å²) in [4.78, 5) is 0. The zero-order chi connectivity index (χ0) is 15.0. The second-order valence-corrected chi connectivity index (χ2v) is 8.07. The Balaban J connectivity index is 2.54. The summed E-state index contributed by atoms with van der Waals surface area (Å²) in [5, 5.41) is 3.67. The maximum atomic E-state index is 3.67. The zero-order valence-corrected chi connectivity index (χ0v) is 14.6. The van der Waals surface area contributed by atoms with Gasteiger partial charge in [-0.25, -0.2) is 0 Å². The van der Waals surface area contributed by atoms with Crippen LogP contribution in [0.3, 0.4) is 0 Å². The third-order valence-corrected chi connectivity index (χ3v) is 4.37. The Bertz CT molecular complexity index is 364. The fraction of sp³-hybridized carbons (Fsp3) is 0.667. The topological polar surface area (TPSA) is 12.0 Å². The van der Waals surface area contributed by atoms with Crippen LogP contribution in [0.5, 0.6) is 0 Å². The molecule has 0 aliphatic carbocycles. The van der Waals surface area contributed by atoms with Crippen LogP contribution in [0.2, 0.25) is 0 Å². The van der Waals surface area contributed by atoms with E-state index in [0.29, 0.717) is 0 Å². The quantitative estimate of drug-likeness (QED) is 0.698. The van der Waals surface area contributed by atoms with E-state index in [4.69, 9.17) is 0 Å². The summed E-state index contributed by atoms with van der Waals surface area (Å²) in [5.41, 5.74) is 3.03. The Morgan fingerprint density at radius 2 is 1.80 bits per heavy atom. The molecule has 1 atom stereocenters. The van der Waals surface area contributed by atoms with Crippen molar-refractivity contribution >= 4 is 11.8 Å². The van der Waals surface area contributed by atoms with Gasteiger partial charge in [-0.3, -0.25) is 0 Å². The molecular weight excluding hydrogens is 262 g/mol. The van der Waals surface area contributed by atoms with Gasteiger partial charge in [0.25, 0.3) is 0 Å². The van der Waals surface area contributed by atoms with E-state index in [1.165, 1.54) is 35.5 Å². The van der Waals surface area contributed by atoms with Crippen LogP contribution in [0.4, 0.5) is 0 Å². The van der Waals surface area contributed by atoms with Crippen LogP contribution in [0.25, 0.3) is 0 Å². The van der Waals surface area contributed by atoms with Gasteiger partial charge in [0.15, 0.2) is 0 Å². The van der Waals surface area contributed by atoms with Gasteiger partial charge in [0.2, 0.25) is 0 Å². The van der Waals surface area contributed by atoms with Crippen LogP contribution in [-0.2, 0) is 6.42 Å². The molecule has 0 aliphatic heterocycles. The number of hydrogen-bond acceptors (Lipinski definition) is 2. The summed E-state index contributed by atoms with van der Waals surface area (Å²) >= 11 is 2.06. The molecule has 1 rings (SSSR count). The summed E-state index contributed by atoms with van der Waals surface area (Å²) in [6.45, 7) is 12.2. The molecule has 0 aliphatic rings. The van der Waals surface area contributed by atoms with E-state index in [-0.39, 0.29) is 5.54 Å². The third kappa shape index (κ3) is 7.96. The van der Waals surface area contributed by atoms with Crippen molar-refractivity contribution in [1.29, 1.82) is 0 Å². The smallest absolute Gasteiger partial charge is 0.00966 e. The van der Waals surface area contributed by atoms with E-state index < -0.39 is 0 Å². The molecule has 1 aromatic rings. The predicted molar refractivity (Wildman–Crippen MR) is 93.7 cm³/mol. The van der Waals surface area contributed by atoms with Crippen molar-refractivity contribution in [2.24, 2.45) is 5.92 Å². The Kier molecular flexibility index (Phi) is 7.68. The van der Waals surface area contributed by atoms with Crippen LogP contribution in [-0.4, -0.2) is 23.6 Å². The number of thioether (sulfide) groups is 1. The molecule has 1 N–H and O–H groups in total. The molecule has 0 saturated heterocycles. The van der Waals surface area contributed by atoms with Crippen LogP contribution >= 0.6 is 11.8 Å². The number of rotatable bonds is 8. The lowest BCUT2D eigenvalue weighted by Gasteiger charge is -2.25. The molecule has 114 valence electrons. The minimum Gasteiger partial charge on any atom is -0.312 e. The predicted octanol–water partition coefficient (Wildman–Crippen LogP) is 4.69. The molecule has 1 nitrogen and oxygen atoms in total. The SMILES string of the molecule is CCSCCC(CNC(C)(C)C)Cc1ccc(C)cc1. The number of nitrogens with one attached hydrogen (secondary N) is 1. The van der Waals surface area contributed by atoms with E-state index in [2.05, 4.69) is 76.0 Å². The lowest BCUT2D eigenvalue weighted by atomic mass is 9.95. The van der Waals surface area contributed by atoms with Gasteiger partial charge < -0.3 is 5.32 Å². The minimum absolute atomic E-state index is 0.212. The van der Waals surface area contributed by atoms with Gasteiger partial charge in [0.05, 0.1) is 0 Å². The first kappa shape index (κ1) is 17.6. The Morgan fingerprint density at radius 1 is 1.15 bits per heavy atom. The van der Waals surface area contributed by atoms with Gasteiger partial charge in [0.1, 0.15) is 0 Å². The summed E-state index contributed by atoms with van der Waals surface area (Å²) in [7, 11) is 0. The lowest BCUT2D eigenvalue weighted by molar-refractivity contribution is 0.364. The second-order valence-electron chi connectivity index (χ2n) is 6.67. The van der Waals surface area contributed by atoms with Gasteiger partial charge in [-0.2, -0.15) is 11.8 Å². The van der Waals surface area contributed by atoms with Crippen LogP contribution < -0.4 is 5.32 Å². The van der Waals surface area contributed by atoms with E-state index >= 15 is 0 Å². The van der Waals surface area contributed by atoms with Gasteiger partial charge >= 0.3 is 0 Å². The van der Waals surface area contributed by atoms with Crippen molar-refractivity contribution in [3.63, 3.8) is 0 Å². The molecule has 0 aromatic heterocycles. The van der Waals surface area contributed by atoms with Crippen molar-refractivity contribution < 1.29 is 0 Å². The van der Waals surface area contributed by atoms with Crippen molar-refractivity contribution in [2.75, 3.05) is 18.1 Å². The number of hydrogen-bond donors (Lipinski definition) is 1. The van der Waals surface area contributed by atoms with Crippen LogP contribution in [0.1, 0.15) is 45.2 Å². The largest absolute Gasteiger partial charge is 0.312 e. The number of benzene rings is 1. The second kappa shape index (κ2) is 8.74. The molecule has 0 saturated carbocycles. The van der Waals surface area contributed by atoms with Crippen LogP contribution in [0.15, 0.2) is 24.3 Å². The summed E-state index contributed by atoms with van der Waals surface area (Å²) in [5.74, 6) is 3.24. The molecule has 0 spiro atoms. The van der Waals surface area contributed by atoms with Crippen molar-refractivity contribution in [1.82, 2.24) is 5.32 Å².